The van der Waals surface area contributed by atoms with E-state index >= 15 is 0 Å². The molecule has 114 valence electrons. The highest BCUT2D eigenvalue weighted by atomic mass is 35.5. The summed E-state index contributed by atoms with van der Waals surface area (Å²) in [6, 6.07) is 6.24. The van der Waals surface area contributed by atoms with Crippen LogP contribution in [0, 0.1) is 11.8 Å². The van der Waals surface area contributed by atoms with Crippen LogP contribution in [0.5, 0.6) is 0 Å². The van der Waals surface area contributed by atoms with Crippen LogP contribution in [0.3, 0.4) is 0 Å². The van der Waals surface area contributed by atoms with Crippen molar-refractivity contribution in [2.24, 2.45) is 11.8 Å². The predicted molar refractivity (Wildman–Crippen MR) is 90.7 cm³/mol. The molecule has 1 aromatic carbocycles. The molecule has 0 heterocycles. The first-order valence-corrected chi connectivity index (χ1v) is 8.05. The van der Waals surface area contributed by atoms with Gasteiger partial charge in [0, 0.05) is 30.3 Å². The fourth-order valence-electron chi connectivity index (χ4n) is 2.39. The third-order valence-electron chi connectivity index (χ3n) is 3.12. The maximum absolute atomic E-state index is 6.22. The number of halogens is 1. The number of anilines is 1. The summed E-state index contributed by atoms with van der Waals surface area (Å²) in [6.45, 7) is 15.2. The summed E-state index contributed by atoms with van der Waals surface area (Å²) in [5.74, 6) is 1.28. The molecule has 1 N–H and O–H groups in total. The van der Waals surface area contributed by atoms with Gasteiger partial charge in [-0.3, -0.25) is 0 Å². The first kappa shape index (κ1) is 17.3. The van der Waals surface area contributed by atoms with Gasteiger partial charge in [-0.25, -0.2) is 0 Å². The highest BCUT2D eigenvalue weighted by Gasteiger charge is 2.14. The lowest BCUT2D eigenvalue weighted by Gasteiger charge is -2.30. The van der Waals surface area contributed by atoms with E-state index in [1.54, 1.807) is 0 Å². The minimum absolute atomic E-state index is 0.639. The summed E-state index contributed by atoms with van der Waals surface area (Å²) >= 11 is 6.22. The van der Waals surface area contributed by atoms with Crippen molar-refractivity contribution >= 4 is 17.3 Å². The molecule has 0 bridgehead atoms. The van der Waals surface area contributed by atoms with Crippen molar-refractivity contribution < 1.29 is 0 Å². The third-order valence-corrected chi connectivity index (χ3v) is 3.36. The Bertz CT molecular complexity index is 392. The molecule has 20 heavy (non-hydrogen) atoms. The van der Waals surface area contributed by atoms with Crippen LogP contribution in [0.1, 0.15) is 40.2 Å². The van der Waals surface area contributed by atoms with E-state index < -0.39 is 0 Å². The number of nitrogens with zero attached hydrogens (tertiary/aromatic N) is 1. The molecular formula is C17H29ClN2. The molecule has 0 saturated carbocycles. The van der Waals surface area contributed by atoms with E-state index in [-0.39, 0.29) is 0 Å². The van der Waals surface area contributed by atoms with Crippen LogP contribution in [0.2, 0.25) is 5.02 Å². The van der Waals surface area contributed by atoms with Crippen molar-refractivity contribution in [3.05, 3.63) is 28.8 Å². The summed E-state index contributed by atoms with van der Waals surface area (Å²) in [6.07, 6.45) is 0. The van der Waals surface area contributed by atoms with Gasteiger partial charge in [0.2, 0.25) is 0 Å². The Morgan fingerprint density at radius 1 is 1.10 bits per heavy atom. The Kier molecular flexibility index (Phi) is 7.39. The normalized spacial score (nSPS) is 11.4. The van der Waals surface area contributed by atoms with E-state index in [0.29, 0.717) is 11.8 Å². The summed E-state index contributed by atoms with van der Waals surface area (Å²) in [5, 5.41) is 4.23. The van der Waals surface area contributed by atoms with E-state index in [2.05, 4.69) is 57.0 Å². The van der Waals surface area contributed by atoms with Crippen molar-refractivity contribution in [1.29, 1.82) is 0 Å². The summed E-state index contributed by atoms with van der Waals surface area (Å²) in [5.41, 5.74) is 2.61. The largest absolute Gasteiger partial charge is 0.371 e. The molecular weight excluding hydrogens is 268 g/mol. The number of rotatable bonds is 8. The van der Waals surface area contributed by atoms with Crippen molar-refractivity contribution in [3.63, 3.8) is 0 Å². The van der Waals surface area contributed by atoms with E-state index in [1.807, 2.05) is 6.07 Å². The van der Waals surface area contributed by atoms with Gasteiger partial charge >= 0.3 is 0 Å². The standard InChI is InChI=1S/C17H29ClN2/c1-6-19-10-15-7-8-16(18)9-17(15)20(11-13(2)3)12-14(4)5/h7-9,13-14,19H,6,10-12H2,1-5H3. The molecule has 0 aliphatic rings. The average Bonchev–Trinajstić information content (AvgIpc) is 2.35. The van der Waals surface area contributed by atoms with Gasteiger partial charge in [0.05, 0.1) is 0 Å². The van der Waals surface area contributed by atoms with Gasteiger partial charge in [0.1, 0.15) is 0 Å². The van der Waals surface area contributed by atoms with Gasteiger partial charge in [0.15, 0.2) is 0 Å². The first-order chi connectivity index (χ1) is 9.43. The lowest BCUT2D eigenvalue weighted by Crippen LogP contribution is -2.32. The summed E-state index contributed by atoms with van der Waals surface area (Å²) in [4.78, 5) is 2.48. The average molecular weight is 297 g/mol. The van der Waals surface area contributed by atoms with Crippen molar-refractivity contribution in [3.8, 4) is 0 Å². The highest BCUT2D eigenvalue weighted by Crippen LogP contribution is 2.26. The molecule has 0 saturated heterocycles. The molecule has 0 aliphatic heterocycles. The number of hydrogen-bond donors (Lipinski definition) is 1. The molecule has 0 aliphatic carbocycles. The SMILES string of the molecule is CCNCc1ccc(Cl)cc1N(CC(C)C)CC(C)C. The molecule has 0 fully saturated rings. The molecule has 0 aromatic heterocycles. The molecule has 0 spiro atoms. The maximum atomic E-state index is 6.22. The van der Waals surface area contributed by atoms with E-state index in [0.717, 1.165) is 31.2 Å². The van der Waals surface area contributed by atoms with Crippen LogP contribution in [0.4, 0.5) is 5.69 Å². The topological polar surface area (TPSA) is 15.3 Å². The van der Waals surface area contributed by atoms with Gasteiger partial charge in [0.25, 0.3) is 0 Å². The van der Waals surface area contributed by atoms with Gasteiger partial charge in [-0.15, -0.1) is 0 Å². The molecule has 0 radical (unpaired) electrons. The fraction of sp³-hybridized carbons (Fsp3) is 0.647. The zero-order chi connectivity index (χ0) is 15.1. The van der Waals surface area contributed by atoms with Crippen molar-refractivity contribution in [2.75, 3.05) is 24.5 Å². The van der Waals surface area contributed by atoms with E-state index in [9.17, 15) is 0 Å². The second-order valence-electron chi connectivity index (χ2n) is 6.25. The fourth-order valence-corrected chi connectivity index (χ4v) is 2.56. The lowest BCUT2D eigenvalue weighted by molar-refractivity contribution is 0.550. The van der Waals surface area contributed by atoms with Crippen molar-refractivity contribution in [2.45, 2.75) is 41.2 Å². The second kappa shape index (κ2) is 8.53. The van der Waals surface area contributed by atoms with E-state index in [4.69, 9.17) is 11.6 Å². The van der Waals surface area contributed by atoms with Crippen molar-refractivity contribution in [1.82, 2.24) is 5.32 Å². The number of hydrogen-bond acceptors (Lipinski definition) is 2. The Morgan fingerprint density at radius 3 is 2.20 bits per heavy atom. The lowest BCUT2D eigenvalue weighted by atomic mass is 10.1. The number of benzene rings is 1. The minimum atomic E-state index is 0.639. The van der Waals surface area contributed by atoms with E-state index in [1.165, 1.54) is 11.3 Å². The molecule has 0 unspecified atom stereocenters. The third kappa shape index (κ3) is 5.72. The van der Waals surface area contributed by atoms with Crippen LogP contribution < -0.4 is 10.2 Å². The van der Waals surface area contributed by atoms with Gasteiger partial charge < -0.3 is 10.2 Å². The van der Waals surface area contributed by atoms with Crippen LogP contribution in [0.15, 0.2) is 18.2 Å². The quantitative estimate of drug-likeness (QED) is 0.756. The molecule has 2 nitrogen and oxygen atoms in total. The van der Waals surface area contributed by atoms with Crippen LogP contribution in [0.25, 0.3) is 0 Å². The molecule has 1 aromatic rings. The molecule has 1 rings (SSSR count). The maximum Gasteiger partial charge on any atom is 0.0426 e. The van der Waals surface area contributed by atoms with Crippen LogP contribution in [-0.4, -0.2) is 19.6 Å². The monoisotopic (exact) mass is 296 g/mol. The van der Waals surface area contributed by atoms with Crippen LogP contribution >= 0.6 is 11.6 Å². The molecule has 0 amide bonds. The first-order valence-electron chi connectivity index (χ1n) is 7.68. The Balaban J connectivity index is 3.04. The number of nitrogens with one attached hydrogen (secondary N) is 1. The zero-order valence-electron chi connectivity index (χ0n) is 13.5. The van der Waals surface area contributed by atoms with Crippen LogP contribution in [-0.2, 0) is 6.54 Å². The Morgan fingerprint density at radius 2 is 1.70 bits per heavy atom. The Labute approximate surface area is 129 Å². The smallest absolute Gasteiger partial charge is 0.0426 e. The molecule has 3 heteroatoms. The van der Waals surface area contributed by atoms with Gasteiger partial charge in [-0.2, -0.15) is 0 Å². The summed E-state index contributed by atoms with van der Waals surface area (Å²) in [7, 11) is 0. The zero-order valence-corrected chi connectivity index (χ0v) is 14.3. The van der Waals surface area contributed by atoms with Gasteiger partial charge in [-0.1, -0.05) is 52.3 Å². The summed E-state index contributed by atoms with van der Waals surface area (Å²) < 4.78 is 0. The van der Waals surface area contributed by atoms with Gasteiger partial charge in [-0.05, 0) is 36.1 Å². The molecule has 0 atom stereocenters. The second-order valence-corrected chi connectivity index (χ2v) is 6.68. The highest BCUT2D eigenvalue weighted by molar-refractivity contribution is 6.30. The predicted octanol–water partition coefficient (Wildman–Crippen LogP) is 4.57. The minimum Gasteiger partial charge on any atom is -0.371 e. The Hall–Kier alpha value is -0.730.